The Kier molecular flexibility index (Phi) is 5.02. The third-order valence-electron chi connectivity index (χ3n) is 7.87. The van der Waals surface area contributed by atoms with Gasteiger partial charge in [0.25, 0.3) is 0 Å². The van der Waals surface area contributed by atoms with Crippen LogP contribution in [0.25, 0.3) is 32.7 Å². The summed E-state index contributed by atoms with van der Waals surface area (Å²) in [6.07, 6.45) is 0. The van der Waals surface area contributed by atoms with Crippen LogP contribution in [0.5, 0.6) is 0 Å². The van der Waals surface area contributed by atoms with E-state index in [-0.39, 0.29) is 5.41 Å². The fourth-order valence-corrected chi connectivity index (χ4v) is 6.25. The molecule has 6 aromatic carbocycles. The Morgan fingerprint density at radius 1 is 0.514 bits per heavy atom. The molecule has 0 saturated carbocycles. The fraction of sp³-hybridized carbons (Fsp3) is 0.0857. The van der Waals surface area contributed by atoms with Gasteiger partial charge in [-0.05, 0) is 92.3 Å². The van der Waals surface area contributed by atoms with Crippen molar-refractivity contribution in [2.75, 3.05) is 4.90 Å². The zero-order valence-electron chi connectivity index (χ0n) is 20.9. The van der Waals surface area contributed by atoms with Gasteiger partial charge in [-0.25, -0.2) is 0 Å². The monoisotopic (exact) mass is 539 g/mol. The van der Waals surface area contributed by atoms with Gasteiger partial charge in [0.1, 0.15) is 0 Å². The molecule has 178 valence electrons. The van der Waals surface area contributed by atoms with Crippen molar-refractivity contribution in [2.24, 2.45) is 0 Å². The summed E-state index contributed by atoms with van der Waals surface area (Å²) in [4.78, 5) is 2.38. The van der Waals surface area contributed by atoms with Crippen molar-refractivity contribution < 1.29 is 0 Å². The number of halogens is 1. The molecule has 0 heterocycles. The number of anilines is 3. The molecule has 1 aliphatic rings. The molecule has 2 heteroatoms. The highest BCUT2D eigenvalue weighted by Gasteiger charge is 2.34. The highest BCUT2D eigenvalue weighted by Crippen LogP contribution is 2.51. The van der Waals surface area contributed by atoms with Crippen molar-refractivity contribution >= 4 is 54.5 Å². The van der Waals surface area contributed by atoms with Crippen LogP contribution in [-0.2, 0) is 5.41 Å². The molecule has 0 bridgehead atoms. The van der Waals surface area contributed by atoms with Crippen LogP contribution < -0.4 is 4.90 Å². The Morgan fingerprint density at radius 2 is 1.14 bits per heavy atom. The van der Waals surface area contributed by atoms with Crippen molar-refractivity contribution in [3.63, 3.8) is 0 Å². The average Bonchev–Trinajstić information content (AvgIpc) is 3.17. The first-order valence-corrected chi connectivity index (χ1v) is 13.5. The topological polar surface area (TPSA) is 3.24 Å². The predicted molar refractivity (Wildman–Crippen MR) is 161 cm³/mol. The van der Waals surface area contributed by atoms with E-state index in [9.17, 15) is 0 Å². The highest BCUT2D eigenvalue weighted by atomic mass is 79.9. The third-order valence-corrected chi connectivity index (χ3v) is 8.39. The second-order valence-electron chi connectivity index (χ2n) is 10.4. The molecule has 6 aromatic rings. The van der Waals surface area contributed by atoms with Gasteiger partial charge in [0.05, 0.1) is 0 Å². The van der Waals surface area contributed by atoms with Gasteiger partial charge in [-0.1, -0.05) is 103 Å². The van der Waals surface area contributed by atoms with Crippen LogP contribution in [0.1, 0.15) is 25.0 Å². The lowest BCUT2D eigenvalue weighted by atomic mass is 9.81. The van der Waals surface area contributed by atoms with Gasteiger partial charge in [-0.3, -0.25) is 0 Å². The predicted octanol–water partition coefficient (Wildman–Crippen LogP) is 10.5. The van der Waals surface area contributed by atoms with Gasteiger partial charge < -0.3 is 4.90 Å². The molecule has 0 N–H and O–H groups in total. The summed E-state index contributed by atoms with van der Waals surface area (Å²) in [7, 11) is 0. The summed E-state index contributed by atoms with van der Waals surface area (Å²) in [6, 6.07) is 44.1. The van der Waals surface area contributed by atoms with Crippen LogP contribution in [0.15, 0.2) is 126 Å². The second kappa shape index (κ2) is 8.33. The number of hydrogen-bond donors (Lipinski definition) is 0. The Balaban J connectivity index is 1.43. The highest BCUT2D eigenvalue weighted by molar-refractivity contribution is 9.10. The average molecular weight is 541 g/mol. The third kappa shape index (κ3) is 3.51. The molecule has 0 fully saturated rings. The number of rotatable bonds is 4. The van der Waals surface area contributed by atoms with E-state index in [1.54, 1.807) is 0 Å². The number of hydrogen-bond acceptors (Lipinski definition) is 1. The quantitative estimate of drug-likeness (QED) is 0.201. The molecular formula is C35H26BrN. The smallest absolute Gasteiger partial charge is 0.0471 e. The molecule has 0 saturated heterocycles. The summed E-state index contributed by atoms with van der Waals surface area (Å²) in [5.74, 6) is 0. The van der Waals surface area contributed by atoms with Crippen LogP contribution >= 0.6 is 15.9 Å². The lowest BCUT2D eigenvalue weighted by molar-refractivity contribution is 0.663. The normalized spacial score (nSPS) is 13.5. The lowest BCUT2D eigenvalue weighted by Crippen LogP contribution is -2.17. The lowest BCUT2D eigenvalue weighted by Gasteiger charge is -2.28. The van der Waals surface area contributed by atoms with Crippen molar-refractivity contribution in [2.45, 2.75) is 19.3 Å². The molecular weight excluding hydrogens is 514 g/mol. The van der Waals surface area contributed by atoms with E-state index in [4.69, 9.17) is 0 Å². The molecule has 0 spiro atoms. The SMILES string of the molecule is CC1(C)c2cccc3ccc4cc(N(c5ccc(Br)cc5)c5ccc(-c6ccccc6)cc5)cc1c4c23. The Labute approximate surface area is 226 Å². The number of nitrogens with zero attached hydrogens (tertiary/aromatic N) is 1. The molecule has 37 heavy (non-hydrogen) atoms. The molecule has 0 unspecified atom stereocenters. The first-order valence-electron chi connectivity index (χ1n) is 12.7. The van der Waals surface area contributed by atoms with E-state index in [1.165, 1.54) is 49.5 Å². The Morgan fingerprint density at radius 3 is 1.86 bits per heavy atom. The van der Waals surface area contributed by atoms with Gasteiger partial charge in [0.2, 0.25) is 0 Å². The van der Waals surface area contributed by atoms with Crippen molar-refractivity contribution in [3.8, 4) is 11.1 Å². The van der Waals surface area contributed by atoms with E-state index >= 15 is 0 Å². The van der Waals surface area contributed by atoms with Crippen LogP contribution in [0.4, 0.5) is 17.1 Å². The molecule has 0 amide bonds. The minimum Gasteiger partial charge on any atom is -0.310 e. The molecule has 0 atom stereocenters. The zero-order valence-corrected chi connectivity index (χ0v) is 22.5. The molecule has 0 aliphatic heterocycles. The zero-order chi connectivity index (χ0) is 25.1. The summed E-state index contributed by atoms with van der Waals surface area (Å²) in [5, 5.41) is 5.43. The van der Waals surface area contributed by atoms with Gasteiger partial charge in [-0.2, -0.15) is 0 Å². The standard InChI is InChI=1S/C35H26BrN/c1-35(2)31-10-6-9-25-11-12-26-21-30(22-32(35)34(26)33(25)31)37(29-19-15-27(36)16-20-29)28-17-13-24(14-18-28)23-7-4-3-5-8-23/h3-22H,1-2H3. The summed E-state index contributed by atoms with van der Waals surface area (Å²) >= 11 is 3.62. The maximum absolute atomic E-state index is 3.62. The second-order valence-corrected chi connectivity index (χ2v) is 11.3. The van der Waals surface area contributed by atoms with Crippen molar-refractivity contribution in [1.29, 1.82) is 0 Å². The van der Waals surface area contributed by atoms with E-state index in [2.05, 4.69) is 156 Å². The van der Waals surface area contributed by atoms with Crippen molar-refractivity contribution in [3.05, 3.63) is 137 Å². The van der Waals surface area contributed by atoms with Crippen LogP contribution in [0, 0.1) is 0 Å². The molecule has 1 aliphatic carbocycles. The van der Waals surface area contributed by atoms with Crippen molar-refractivity contribution in [1.82, 2.24) is 0 Å². The molecule has 7 rings (SSSR count). The first kappa shape index (κ1) is 22.3. The molecule has 0 aromatic heterocycles. The van der Waals surface area contributed by atoms with E-state index < -0.39 is 0 Å². The van der Waals surface area contributed by atoms with Gasteiger partial charge in [0, 0.05) is 26.9 Å². The Bertz CT molecular complexity index is 1780. The summed E-state index contributed by atoms with van der Waals surface area (Å²) in [5.41, 5.74) is 8.67. The van der Waals surface area contributed by atoms with Gasteiger partial charge >= 0.3 is 0 Å². The number of benzene rings is 6. The van der Waals surface area contributed by atoms with Gasteiger partial charge in [0.15, 0.2) is 0 Å². The van der Waals surface area contributed by atoms with Crippen LogP contribution in [0.2, 0.25) is 0 Å². The maximum atomic E-state index is 3.62. The van der Waals surface area contributed by atoms with E-state index in [1.807, 2.05) is 0 Å². The van der Waals surface area contributed by atoms with Gasteiger partial charge in [-0.15, -0.1) is 0 Å². The van der Waals surface area contributed by atoms with Crippen LogP contribution in [0.3, 0.4) is 0 Å². The molecule has 1 nitrogen and oxygen atoms in total. The first-order chi connectivity index (χ1) is 18.0. The summed E-state index contributed by atoms with van der Waals surface area (Å²) in [6.45, 7) is 4.72. The summed E-state index contributed by atoms with van der Waals surface area (Å²) < 4.78 is 1.08. The fourth-order valence-electron chi connectivity index (χ4n) is 5.99. The van der Waals surface area contributed by atoms with E-state index in [0.29, 0.717) is 0 Å². The Hall–Kier alpha value is -3.88. The van der Waals surface area contributed by atoms with E-state index in [0.717, 1.165) is 15.8 Å². The minimum absolute atomic E-state index is 0.0555. The maximum Gasteiger partial charge on any atom is 0.0471 e. The minimum atomic E-state index is -0.0555. The largest absolute Gasteiger partial charge is 0.310 e. The molecule has 0 radical (unpaired) electrons. The van der Waals surface area contributed by atoms with Crippen LogP contribution in [-0.4, -0.2) is 0 Å².